The number of halogens is 2. The molecule has 1 aromatic carbocycles. The fourth-order valence-corrected chi connectivity index (χ4v) is 4.63. The second-order valence-electron chi connectivity index (χ2n) is 7.98. The largest absolute Gasteiger partial charge is 0.493 e. The molecule has 0 unspecified atom stereocenters. The highest BCUT2D eigenvalue weighted by Crippen LogP contribution is 2.38. The molecule has 1 aliphatic heterocycles. The molecular weight excluding hydrogens is 479 g/mol. The molecule has 10 heteroatoms. The van der Waals surface area contributed by atoms with Crippen LogP contribution in [0.25, 0.3) is 0 Å². The normalized spacial score (nSPS) is 14.2. The van der Waals surface area contributed by atoms with Gasteiger partial charge in [-0.2, -0.15) is 0 Å². The molecule has 0 atom stereocenters. The summed E-state index contributed by atoms with van der Waals surface area (Å²) in [5.74, 6) is 2.79. The molecule has 1 amide bonds. The first-order valence-electron chi connectivity index (χ1n) is 10.9. The number of amides is 1. The lowest BCUT2D eigenvalue weighted by Gasteiger charge is -2.32. The van der Waals surface area contributed by atoms with Crippen molar-refractivity contribution in [3.63, 3.8) is 0 Å². The van der Waals surface area contributed by atoms with Crippen LogP contribution in [-0.2, 0) is 6.54 Å². The van der Waals surface area contributed by atoms with Gasteiger partial charge < -0.3 is 23.7 Å². The van der Waals surface area contributed by atoms with E-state index >= 15 is 0 Å². The number of benzene rings is 1. The average Bonchev–Trinajstić information content (AvgIpc) is 3.32. The topological polar surface area (TPSA) is 78.7 Å². The van der Waals surface area contributed by atoms with E-state index in [4.69, 9.17) is 37.4 Å². The number of nitrogens with zero attached hydrogens (tertiary/aromatic N) is 4. The number of aromatic nitrogens is 3. The highest BCUT2D eigenvalue weighted by Gasteiger charge is 2.29. The minimum atomic E-state index is -0.202. The molecular formula is C24H26Cl2N4O4. The van der Waals surface area contributed by atoms with Crippen LogP contribution in [0.3, 0.4) is 0 Å². The standard InChI is InChI=1S/C24H26Cl2N4O4/c1-32-18-12-15(13-19(33-2)22(18)34-3)14-30-11-8-27-23(30)16-6-9-29(10-7-16)24(31)21-17(25)4-5-20(26)28-21/h4-5,8,11-13,16H,6-7,9-10,14H2,1-3H3. The molecule has 180 valence electrons. The predicted molar refractivity (Wildman–Crippen MR) is 130 cm³/mol. The van der Waals surface area contributed by atoms with Gasteiger partial charge in [-0.25, -0.2) is 9.97 Å². The molecule has 34 heavy (non-hydrogen) atoms. The zero-order chi connectivity index (χ0) is 24.2. The van der Waals surface area contributed by atoms with Crippen molar-refractivity contribution in [1.82, 2.24) is 19.4 Å². The molecule has 4 rings (SSSR count). The van der Waals surface area contributed by atoms with E-state index in [9.17, 15) is 4.79 Å². The molecule has 1 fully saturated rings. The van der Waals surface area contributed by atoms with Crippen molar-refractivity contribution < 1.29 is 19.0 Å². The van der Waals surface area contributed by atoms with Crippen molar-refractivity contribution in [2.24, 2.45) is 0 Å². The van der Waals surface area contributed by atoms with Crippen LogP contribution in [0.4, 0.5) is 0 Å². The number of piperidine rings is 1. The lowest BCUT2D eigenvalue weighted by atomic mass is 9.95. The first-order valence-corrected chi connectivity index (χ1v) is 11.6. The molecule has 1 saturated heterocycles. The number of carbonyl (C=O) groups is 1. The first-order chi connectivity index (χ1) is 16.4. The average molecular weight is 505 g/mol. The fourth-order valence-electron chi connectivity index (χ4n) is 4.30. The molecule has 0 aliphatic carbocycles. The van der Waals surface area contributed by atoms with Gasteiger partial charge in [-0.05, 0) is 42.7 Å². The SMILES string of the molecule is COc1cc(Cn2ccnc2C2CCN(C(=O)c3nc(Cl)ccc3Cl)CC2)cc(OC)c1OC. The van der Waals surface area contributed by atoms with Crippen LogP contribution in [0.15, 0.2) is 36.7 Å². The first kappa shape index (κ1) is 24.2. The molecule has 2 aromatic heterocycles. The van der Waals surface area contributed by atoms with E-state index in [0.29, 0.717) is 41.9 Å². The zero-order valence-electron chi connectivity index (χ0n) is 19.3. The van der Waals surface area contributed by atoms with Gasteiger partial charge in [0.15, 0.2) is 11.5 Å². The maximum absolute atomic E-state index is 12.9. The van der Waals surface area contributed by atoms with Gasteiger partial charge in [0.25, 0.3) is 5.91 Å². The lowest BCUT2D eigenvalue weighted by Crippen LogP contribution is -2.39. The van der Waals surface area contributed by atoms with Crippen LogP contribution in [0.5, 0.6) is 17.2 Å². The van der Waals surface area contributed by atoms with Crippen LogP contribution in [0.2, 0.25) is 10.2 Å². The summed E-state index contributed by atoms with van der Waals surface area (Å²) in [5.41, 5.74) is 1.19. The maximum atomic E-state index is 12.9. The summed E-state index contributed by atoms with van der Waals surface area (Å²) in [4.78, 5) is 23.4. The number of pyridine rings is 1. The van der Waals surface area contributed by atoms with E-state index in [0.717, 1.165) is 24.2 Å². The summed E-state index contributed by atoms with van der Waals surface area (Å²) in [6.45, 7) is 1.78. The van der Waals surface area contributed by atoms with Crippen molar-refractivity contribution >= 4 is 29.1 Å². The van der Waals surface area contributed by atoms with Gasteiger partial charge in [-0.3, -0.25) is 4.79 Å². The van der Waals surface area contributed by atoms with Gasteiger partial charge in [0.05, 0.1) is 26.4 Å². The Balaban J connectivity index is 1.47. The number of hydrogen-bond acceptors (Lipinski definition) is 6. The summed E-state index contributed by atoms with van der Waals surface area (Å²) < 4.78 is 18.5. The van der Waals surface area contributed by atoms with Gasteiger partial charge in [-0.15, -0.1) is 0 Å². The second-order valence-corrected chi connectivity index (χ2v) is 8.77. The summed E-state index contributed by atoms with van der Waals surface area (Å²) in [7, 11) is 4.79. The summed E-state index contributed by atoms with van der Waals surface area (Å²) in [6.07, 6.45) is 5.35. The van der Waals surface area contributed by atoms with E-state index in [-0.39, 0.29) is 22.7 Å². The molecule has 0 saturated carbocycles. The number of likely N-dealkylation sites (tertiary alicyclic amines) is 1. The number of rotatable bonds is 7. The number of methoxy groups -OCH3 is 3. The lowest BCUT2D eigenvalue weighted by molar-refractivity contribution is 0.0704. The van der Waals surface area contributed by atoms with Crippen LogP contribution in [0, 0.1) is 0 Å². The number of hydrogen-bond donors (Lipinski definition) is 0. The zero-order valence-corrected chi connectivity index (χ0v) is 20.8. The predicted octanol–water partition coefficient (Wildman–Crippen LogP) is 4.68. The van der Waals surface area contributed by atoms with Crippen molar-refractivity contribution in [3.8, 4) is 17.2 Å². The van der Waals surface area contributed by atoms with Gasteiger partial charge >= 0.3 is 0 Å². The number of ether oxygens (including phenoxy) is 3. The molecule has 3 aromatic rings. The molecule has 0 bridgehead atoms. The molecule has 0 spiro atoms. The van der Waals surface area contributed by atoms with Gasteiger partial charge in [-0.1, -0.05) is 23.2 Å². The summed E-state index contributed by atoms with van der Waals surface area (Å²) in [6, 6.07) is 7.04. The van der Waals surface area contributed by atoms with Crippen LogP contribution >= 0.6 is 23.2 Å². The Labute approximate surface area is 208 Å². The van der Waals surface area contributed by atoms with Gasteiger partial charge in [0.2, 0.25) is 5.75 Å². The Bertz CT molecular complexity index is 1150. The minimum absolute atomic E-state index is 0.191. The molecule has 8 nitrogen and oxygen atoms in total. The van der Waals surface area contributed by atoms with Crippen molar-refractivity contribution in [1.29, 1.82) is 0 Å². The quantitative estimate of drug-likeness (QED) is 0.434. The fraction of sp³-hybridized carbons (Fsp3) is 0.375. The highest BCUT2D eigenvalue weighted by atomic mass is 35.5. The third-order valence-corrected chi connectivity index (χ3v) is 6.50. The molecule has 1 aliphatic rings. The van der Waals surface area contributed by atoms with E-state index < -0.39 is 0 Å². The Morgan fingerprint density at radius 2 is 1.74 bits per heavy atom. The third-order valence-electron chi connectivity index (χ3n) is 5.99. The highest BCUT2D eigenvalue weighted by molar-refractivity contribution is 6.34. The molecule has 0 N–H and O–H groups in total. The van der Waals surface area contributed by atoms with Crippen molar-refractivity contribution in [3.05, 3.63) is 63.9 Å². The van der Waals surface area contributed by atoms with Crippen molar-refractivity contribution in [2.45, 2.75) is 25.3 Å². The number of carbonyl (C=O) groups excluding carboxylic acids is 1. The van der Waals surface area contributed by atoms with E-state index in [1.165, 1.54) is 0 Å². The Hall–Kier alpha value is -2.97. The summed E-state index contributed by atoms with van der Waals surface area (Å²) >= 11 is 12.1. The number of imidazole rings is 1. The second kappa shape index (κ2) is 10.5. The Morgan fingerprint density at radius 1 is 1.06 bits per heavy atom. The smallest absolute Gasteiger partial charge is 0.274 e. The van der Waals surface area contributed by atoms with E-state index in [2.05, 4.69) is 14.5 Å². The van der Waals surface area contributed by atoms with E-state index in [1.54, 1.807) is 44.6 Å². The molecule has 3 heterocycles. The van der Waals surface area contributed by atoms with Crippen molar-refractivity contribution in [2.75, 3.05) is 34.4 Å². The third kappa shape index (κ3) is 4.93. The Morgan fingerprint density at radius 3 is 2.35 bits per heavy atom. The Kier molecular flexibility index (Phi) is 7.48. The van der Waals surface area contributed by atoms with E-state index in [1.807, 2.05) is 18.3 Å². The minimum Gasteiger partial charge on any atom is -0.493 e. The molecule has 0 radical (unpaired) electrons. The van der Waals surface area contributed by atoms with Crippen LogP contribution in [-0.4, -0.2) is 59.8 Å². The maximum Gasteiger partial charge on any atom is 0.274 e. The van der Waals surface area contributed by atoms with Gasteiger partial charge in [0.1, 0.15) is 16.7 Å². The summed E-state index contributed by atoms with van der Waals surface area (Å²) in [5, 5.41) is 0.550. The van der Waals surface area contributed by atoms with Gasteiger partial charge in [0, 0.05) is 37.9 Å². The monoisotopic (exact) mass is 504 g/mol. The van der Waals surface area contributed by atoms with Crippen LogP contribution in [0.1, 0.15) is 40.6 Å². The van der Waals surface area contributed by atoms with Crippen LogP contribution < -0.4 is 14.2 Å².